The minimum absolute atomic E-state index is 0.0421. The van der Waals surface area contributed by atoms with Crippen molar-refractivity contribution in [3.8, 4) is 0 Å². The van der Waals surface area contributed by atoms with Crippen molar-refractivity contribution in [2.45, 2.75) is 246 Å². The van der Waals surface area contributed by atoms with Gasteiger partial charge in [0.1, 0.15) is 72.5 Å². The lowest BCUT2D eigenvalue weighted by Crippen LogP contribution is -2.62. The largest absolute Gasteiger partial charge is 0.481 e. The number of amides is 14. The Kier molecular flexibility index (Phi) is 36.2. The molecule has 0 spiro atoms. The highest BCUT2D eigenvalue weighted by molar-refractivity contribution is 6.01. The number of carboxylic acids is 2. The van der Waals surface area contributed by atoms with E-state index in [-0.39, 0.29) is 50.6 Å². The van der Waals surface area contributed by atoms with Gasteiger partial charge in [-0.05, 0) is 115 Å². The van der Waals surface area contributed by atoms with Crippen LogP contribution < -0.4 is 80.6 Å². The zero-order chi connectivity index (χ0) is 73.7. The number of hydrogen-bond acceptors (Lipinski definition) is 18. The number of nitrogens with two attached hydrogens (primary N) is 2. The minimum atomic E-state index is -1.75. The number of hydrogen-bond donors (Lipinski definition) is 17. The van der Waals surface area contributed by atoms with Crippen LogP contribution in [0.15, 0.2) is 0 Å². The number of primary amides is 1. The number of carboxylic acid groups (broad SMARTS) is 2. The molecule has 2 saturated heterocycles. The highest BCUT2D eigenvalue weighted by Crippen LogP contribution is 2.22. The maximum Gasteiger partial charge on any atom is 0.325 e. The molecule has 34 heteroatoms. The number of rotatable bonds is 42. The van der Waals surface area contributed by atoms with Gasteiger partial charge in [0.05, 0.1) is 19.0 Å². The van der Waals surface area contributed by atoms with E-state index in [0.29, 0.717) is 32.2 Å². The molecule has 14 amide bonds. The van der Waals surface area contributed by atoms with E-state index in [4.69, 9.17) is 16.6 Å². The van der Waals surface area contributed by atoms with Gasteiger partial charge >= 0.3 is 11.9 Å². The zero-order valence-corrected chi connectivity index (χ0v) is 58.2. The number of likely N-dealkylation sites (tertiary alicyclic amines) is 1. The predicted molar refractivity (Wildman–Crippen MR) is 352 cm³/mol. The van der Waals surface area contributed by atoms with Gasteiger partial charge in [0.2, 0.25) is 82.7 Å². The molecule has 2 heterocycles. The Balaban J connectivity index is 2.31. The summed E-state index contributed by atoms with van der Waals surface area (Å²) in [6.07, 6.45) is 1.30. The van der Waals surface area contributed by atoms with Crippen LogP contribution in [0.4, 0.5) is 0 Å². The Labute approximate surface area is 566 Å². The molecule has 97 heavy (non-hydrogen) atoms. The molecule has 0 bridgehead atoms. The van der Waals surface area contributed by atoms with E-state index in [1.807, 2.05) is 0 Å². The first kappa shape index (κ1) is 84.5. The molecule has 0 unspecified atom stereocenters. The van der Waals surface area contributed by atoms with Crippen molar-refractivity contribution in [1.29, 1.82) is 0 Å². The van der Waals surface area contributed by atoms with Crippen LogP contribution in [0.1, 0.15) is 167 Å². The molecule has 2 fully saturated rings. The molecule has 2 aliphatic heterocycles. The molecule has 548 valence electrons. The van der Waals surface area contributed by atoms with Crippen molar-refractivity contribution in [2.75, 3.05) is 26.2 Å². The molecule has 34 nitrogen and oxygen atoms in total. The van der Waals surface area contributed by atoms with Crippen molar-refractivity contribution < 1.29 is 86.9 Å². The number of aliphatic carboxylic acids is 2. The van der Waals surface area contributed by atoms with Gasteiger partial charge in [-0.15, -0.1) is 0 Å². The quantitative estimate of drug-likeness (QED) is 0.0261. The third-order valence-corrected chi connectivity index (χ3v) is 17.1. The van der Waals surface area contributed by atoms with Crippen LogP contribution in [0.25, 0.3) is 0 Å². The SMILES string of the molecule is CC[C@H](C)[C@H](NC(=O)[C@H](C)NC(=O)[C@H](CC(N)=O)NC(=O)[C@@H](NC(=O)[C@H](CCCCN)NC(=O)[C@@H](NC(=O)[C@@H](NC(=O)[C@@H]1CCCN1)C(C)C)C(C)C)[C@@H](C)CC)C(=O)N[C@@H](CCC(=O)O)C(=O)N[C@H](C(=O)N1CCC[C@H]1C(=O)N[C@@H](C)C(=O)NCC(=O)N[C@@H](C)C(=O)O)C(C)C. The van der Waals surface area contributed by atoms with Crippen LogP contribution in [-0.2, 0) is 76.7 Å². The van der Waals surface area contributed by atoms with Gasteiger partial charge in [0.25, 0.3) is 0 Å². The van der Waals surface area contributed by atoms with Crippen molar-refractivity contribution in [1.82, 2.24) is 74.0 Å². The van der Waals surface area contributed by atoms with Crippen molar-refractivity contribution in [2.24, 2.45) is 41.1 Å². The second kappa shape index (κ2) is 41.5. The Morgan fingerprint density at radius 3 is 1.45 bits per heavy atom. The van der Waals surface area contributed by atoms with Crippen LogP contribution in [0.2, 0.25) is 0 Å². The Bertz CT molecular complexity index is 2780. The van der Waals surface area contributed by atoms with Gasteiger partial charge in [0, 0.05) is 13.0 Å². The molecule has 0 aromatic carbocycles. The van der Waals surface area contributed by atoms with Crippen LogP contribution in [0.3, 0.4) is 0 Å². The summed E-state index contributed by atoms with van der Waals surface area (Å²) in [5, 5.41) is 52.2. The second-order valence-electron chi connectivity index (χ2n) is 26.1. The van der Waals surface area contributed by atoms with Crippen LogP contribution in [-0.4, -0.2) is 214 Å². The summed E-state index contributed by atoms with van der Waals surface area (Å²) in [7, 11) is 0. The van der Waals surface area contributed by atoms with E-state index in [1.165, 1.54) is 25.7 Å². The Morgan fingerprint density at radius 2 is 0.959 bits per heavy atom. The second-order valence-corrected chi connectivity index (χ2v) is 26.1. The fourth-order valence-electron chi connectivity index (χ4n) is 10.6. The minimum Gasteiger partial charge on any atom is -0.481 e. The molecule has 0 aromatic heterocycles. The van der Waals surface area contributed by atoms with Gasteiger partial charge in [-0.2, -0.15) is 0 Å². The predicted octanol–water partition coefficient (Wildman–Crippen LogP) is -3.75. The molecule has 0 radical (unpaired) electrons. The lowest BCUT2D eigenvalue weighted by molar-refractivity contribution is -0.143. The van der Waals surface area contributed by atoms with E-state index in [1.54, 1.807) is 69.2 Å². The summed E-state index contributed by atoms with van der Waals surface area (Å²) >= 11 is 0. The number of unbranched alkanes of at least 4 members (excludes halogenated alkanes) is 1. The smallest absolute Gasteiger partial charge is 0.325 e. The third-order valence-electron chi connectivity index (χ3n) is 17.1. The average molecular weight is 1380 g/mol. The van der Waals surface area contributed by atoms with Gasteiger partial charge in [-0.25, -0.2) is 0 Å². The molecule has 15 atom stereocenters. The molecular formula is C63H108N16O18. The molecular weight excluding hydrogens is 1270 g/mol. The van der Waals surface area contributed by atoms with Gasteiger partial charge < -0.3 is 95.7 Å². The molecule has 2 rings (SSSR count). The highest BCUT2D eigenvalue weighted by atomic mass is 16.4. The van der Waals surface area contributed by atoms with E-state index < -0.39 is 217 Å². The maximum atomic E-state index is 14.3. The van der Waals surface area contributed by atoms with Gasteiger partial charge in [-0.1, -0.05) is 82.1 Å². The van der Waals surface area contributed by atoms with Crippen molar-refractivity contribution >= 4 is 94.6 Å². The highest BCUT2D eigenvalue weighted by Gasteiger charge is 2.42. The van der Waals surface area contributed by atoms with Gasteiger partial charge in [-0.3, -0.25) is 76.7 Å². The number of carbonyl (C=O) groups excluding carboxylic acids is 14. The lowest BCUT2D eigenvalue weighted by Gasteiger charge is -2.32. The molecule has 0 aliphatic carbocycles. The Morgan fingerprint density at radius 1 is 0.485 bits per heavy atom. The summed E-state index contributed by atoms with van der Waals surface area (Å²) in [4.78, 5) is 215. The lowest BCUT2D eigenvalue weighted by atomic mass is 9.96. The van der Waals surface area contributed by atoms with Crippen molar-refractivity contribution in [3.63, 3.8) is 0 Å². The zero-order valence-electron chi connectivity index (χ0n) is 58.2. The summed E-state index contributed by atoms with van der Waals surface area (Å²) in [5.41, 5.74) is 11.3. The van der Waals surface area contributed by atoms with Crippen LogP contribution >= 0.6 is 0 Å². The number of nitrogens with one attached hydrogen (secondary N) is 13. The fourth-order valence-corrected chi connectivity index (χ4v) is 10.6. The number of carbonyl (C=O) groups is 16. The fraction of sp³-hybridized carbons (Fsp3) is 0.746. The van der Waals surface area contributed by atoms with Crippen LogP contribution in [0, 0.1) is 29.6 Å². The topological polar surface area (TPSA) is 525 Å². The van der Waals surface area contributed by atoms with E-state index in [2.05, 4.69) is 69.1 Å². The monoisotopic (exact) mass is 1380 g/mol. The Hall–Kier alpha value is -8.56. The van der Waals surface area contributed by atoms with E-state index in [9.17, 15) is 81.8 Å². The molecule has 19 N–H and O–H groups in total. The van der Waals surface area contributed by atoms with E-state index >= 15 is 0 Å². The first-order chi connectivity index (χ1) is 45.4. The molecule has 0 saturated carbocycles. The van der Waals surface area contributed by atoms with Gasteiger partial charge in [0.15, 0.2) is 0 Å². The van der Waals surface area contributed by atoms with Crippen LogP contribution in [0.5, 0.6) is 0 Å². The summed E-state index contributed by atoms with van der Waals surface area (Å²) < 4.78 is 0. The molecule has 0 aromatic rings. The number of nitrogens with zero attached hydrogens (tertiary/aromatic N) is 1. The molecule has 2 aliphatic rings. The van der Waals surface area contributed by atoms with Crippen molar-refractivity contribution in [3.05, 3.63) is 0 Å². The average Bonchev–Trinajstić information content (AvgIpc) is 1.78. The first-order valence-corrected chi connectivity index (χ1v) is 33.5. The normalized spacial score (nSPS) is 18.4. The standard InChI is InChI=1S/C63H108N16O18/c1-14-33(9)49(60(93)72-40(23-24-45(82)83)55(88)76-48(32(7)8)62(95)79-27-19-22-42(79)57(90)70-35(11)51(84)67-29-44(81)68-37(13)63(96)97)77-52(85)36(12)69-56(89)41(28-43(65)80)73-61(94)50(34(10)15-2)78-54(87)39(20-16-17-25-64)71-58(91)46(30(3)4)75-59(92)47(31(5)6)74-53(86)38-21-18-26-66-38/h30-42,46-50,66H,14-29,64H2,1-13H3,(H2,65,80)(H,67,84)(H,68,81)(H,69,89)(H,70,90)(H,71,91)(H,72,93)(H,73,94)(H,74,86)(H,75,92)(H,76,88)(H,77,85)(H,78,87)(H,82,83)(H,96,97)/t33-,34-,35-,36-,37-,38-,39-,40-,41-,42-,46-,47-,48-,49-,50-/m0/s1. The summed E-state index contributed by atoms with van der Waals surface area (Å²) in [5.74, 6) is -17.1. The maximum absolute atomic E-state index is 14.3. The van der Waals surface area contributed by atoms with E-state index in [0.717, 1.165) is 6.42 Å². The summed E-state index contributed by atoms with van der Waals surface area (Å²) in [6, 6.07) is -16.6. The third kappa shape index (κ3) is 27.8. The summed E-state index contributed by atoms with van der Waals surface area (Å²) in [6.45, 7) is 20.8. The first-order valence-electron chi connectivity index (χ1n) is 33.5.